The quantitative estimate of drug-likeness (QED) is 0.760. The minimum absolute atomic E-state index is 0.164. The molecule has 1 unspecified atom stereocenters. The molecular formula is C13H17NO2. The first-order chi connectivity index (χ1) is 7.83. The van der Waals surface area contributed by atoms with E-state index in [2.05, 4.69) is 5.32 Å². The standard InChI is InChI=1S/C13H17NO2/c15-9-12(10-5-7-14-8-6-10)11-3-1-2-4-13(11)16/h1-4,9-10,12,14,16H,5-8H2. The Kier molecular flexibility index (Phi) is 3.57. The predicted octanol–water partition coefficient (Wildman–Crippen LogP) is 1.67. The van der Waals surface area contributed by atoms with E-state index >= 15 is 0 Å². The van der Waals surface area contributed by atoms with Crippen molar-refractivity contribution in [2.24, 2.45) is 5.92 Å². The van der Waals surface area contributed by atoms with Crippen LogP contribution < -0.4 is 5.32 Å². The van der Waals surface area contributed by atoms with E-state index in [1.807, 2.05) is 12.1 Å². The Hall–Kier alpha value is -1.35. The van der Waals surface area contributed by atoms with Crippen LogP contribution in [-0.4, -0.2) is 24.5 Å². The van der Waals surface area contributed by atoms with E-state index in [0.29, 0.717) is 5.92 Å². The van der Waals surface area contributed by atoms with Crippen molar-refractivity contribution in [3.05, 3.63) is 29.8 Å². The molecule has 2 rings (SSSR count). The van der Waals surface area contributed by atoms with Gasteiger partial charge in [-0.25, -0.2) is 0 Å². The van der Waals surface area contributed by atoms with Crippen LogP contribution in [0.2, 0.25) is 0 Å². The van der Waals surface area contributed by atoms with Crippen LogP contribution in [0.15, 0.2) is 24.3 Å². The third-order valence-corrected chi connectivity index (χ3v) is 3.33. The number of carbonyl (C=O) groups is 1. The number of aldehydes is 1. The van der Waals surface area contributed by atoms with Crippen LogP contribution in [0.3, 0.4) is 0 Å². The smallest absolute Gasteiger partial charge is 0.127 e. The lowest BCUT2D eigenvalue weighted by Gasteiger charge is -2.27. The molecule has 1 aliphatic rings. The Morgan fingerprint density at radius 1 is 1.31 bits per heavy atom. The molecule has 3 heteroatoms. The third kappa shape index (κ3) is 2.25. The zero-order chi connectivity index (χ0) is 11.4. The first-order valence-corrected chi connectivity index (χ1v) is 5.77. The largest absolute Gasteiger partial charge is 0.508 e. The number of phenols is 1. The molecule has 2 N–H and O–H groups in total. The number of para-hydroxylation sites is 1. The van der Waals surface area contributed by atoms with E-state index < -0.39 is 0 Å². The minimum atomic E-state index is -0.164. The summed E-state index contributed by atoms with van der Waals surface area (Å²) < 4.78 is 0. The number of nitrogens with one attached hydrogen (secondary N) is 1. The molecule has 1 aromatic carbocycles. The molecule has 0 saturated carbocycles. The second-order valence-corrected chi connectivity index (χ2v) is 4.31. The SMILES string of the molecule is O=CC(c1ccccc1O)C1CCNCC1. The first-order valence-electron chi connectivity index (χ1n) is 5.77. The van der Waals surface area contributed by atoms with Crippen LogP contribution in [0.1, 0.15) is 24.3 Å². The maximum absolute atomic E-state index is 11.2. The van der Waals surface area contributed by atoms with Gasteiger partial charge in [0.15, 0.2) is 0 Å². The molecule has 0 spiro atoms. The summed E-state index contributed by atoms with van der Waals surface area (Å²) in [6.07, 6.45) is 2.97. The highest BCUT2D eigenvalue weighted by molar-refractivity contribution is 5.64. The van der Waals surface area contributed by atoms with Gasteiger partial charge >= 0.3 is 0 Å². The van der Waals surface area contributed by atoms with Crippen molar-refractivity contribution in [2.45, 2.75) is 18.8 Å². The molecule has 0 bridgehead atoms. The van der Waals surface area contributed by atoms with Crippen LogP contribution >= 0.6 is 0 Å². The monoisotopic (exact) mass is 219 g/mol. The fourth-order valence-electron chi connectivity index (χ4n) is 2.41. The number of hydrogen-bond acceptors (Lipinski definition) is 3. The van der Waals surface area contributed by atoms with Gasteiger partial charge in [-0.3, -0.25) is 0 Å². The highest BCUT2D eigenvalue weighted by Crippen LogP contribution is 2.33. The summed E-state index contributed by atoms with van der Waals surface area (Å²) in [4.78, 5) is 11.2. The zero-order valence-electron chi connectivity index (χ0n) is 9.23. The van der Waals surface area contributed by atoms with E-state index in [4.69, 9.17) is 0 Å². The predicted molar refractivity (Wildman–Crippen MR) is 62.5 cm³/mol. The first kappa shape index (κ1) is 11.1. The molecule has 1 saturated heterocycles. The summed E-state index contributed by atoms with van der Waals surface area (Å²) >= 11 is 0. The van der Waals surface area contributed by atoms with Crippen molar-refractivity contribution in [3.63, 3.8) is 0 Å². The van der Waals surface area contributed by atoms with Crippen LogP contribution in [0.25, 0.3) is 0 Å². The number of carbonyl (C=O) groups excluding carboxylic acids is 1. The van der Waals surface area contributed by atoms with Gasteiger partial charge in [0, 0.05) is 11.5 Å². The van der Waals surface area contributed by atoms with Gasteiger partial charge in [-0.1, -0.05) is 18.2 Å². The molecular weight excluding hydrogens is 202 g/mol. The molecule has 3 nitrogen and oxygen atoms in total. The number of hydrogen-bond donors (Lipinski definition) is 2. The van der Waals surface area contributed by atoms with Crippen molar-refractivity contribution >= 4 is 6.29 Å². The van der Waals surface area contributed by atoms with Gasteiger partial charge in [0.05, 0.1) is 0 Å². The third-order valence-electron chi connectivity index (χ3n) is 3.33. The molecule has 1 aliphatic heterocycles. The van der Waals surface area contributed by atoms with E-state index in [1.54, 1.807) is 12.1 Å². The second-order valence-electron chi connectivity index (χ2n) is 4.31. The van der Waals surface area contributed by atoms with Crippen LogP contribution in [-0.2, 0) is 4.79 Å². The van der Waals surface area contributed by atoms with Crippen LogP contribution in [0.4, 0.5) is 0 Å². The maximum Gasteiger partial charge on any atom is 0.127 e. The van der Waals surface area contributed by atoms with E-state index in [9.17, 15) is 9.90 Å². The summed E-state index contributed by atoms with van der Waals surface area (Å²) in [6.45, 7) is 1.92. The van der Waals surface area contributed by atoms with Gasteiger partial charge in [-0.05, 0) is 37.9 Å². The second kappa shape index (κ2) is 5.12. The topological polar surface area (TPSA) is 49.3 Å². The minimum Gasteiger partial charge on any atom is -0.508 e. The highest BCUT2D eigenvalue weighted by Gasteiger charge is 2.26. The molecule has 1 heterocycles. The molecule has 0 radical (unpaired) electrons. The van der Waals surface area contributed by atoms with Gasteiger partial charge in [0.2, 0.25) is 0 Å². The Morgan fingerprint density at radius 3 is 2.62 bits per heavy atom. The van der Waals surface area contributed by atoms with Gasteiger partial charge in [-0.15, -0.1) is 0 Å². The molecule has 0 amide bonds. The fraction of sp³-hybridized carbons (Fsp3) is 0.462. The van der Waals surface area contributed by atoms with E-state index in [-0.39, 0.29) is 11.7 Å². The van der Waals surface area contributed by atoms with Crippen LogP contribution in [0.5, 0.6) is 5.75 Å². The number of piperidine rings is 1. The van der Waals surface area contributed by atoms with E-state index in [0.717, 1.165) is 37.8 Å². The number of phenolic OH excluding ortho intramolecular Hbond substituents is 1. The van der Waals surface area contributed by atoms with Gasteiger partial charge in [-0.2, -0.15) is 0 Å². The molecule has 16 heavy (non-hydrogen) atoms. The lowest BCUT2D eigenvalue weighted by atomic mass is 9.81. The molecule has 1 fully saturated rings. The maximum atomic E-state index is 11.2. The lowest BCUT2D eigenvalue weighted by molar-refractivity contribution is -0.110. The molecule has 1 atom stereocenters. The van der Waals surface area contributed by atoms with Crippen molar-refractivity contribution in [1.29, 1.82) is 0 Å². The fourth-order valence-corrected chi connectivity index (χ4v) is 2.41. The Balaban J connectivity index is 2.21. The van der Waals surface area contributed by atoms with Crippen molar-refractivity contribution in [3.8, 4) is 5.75 Å². The summed E-state index contributed by atoms with van der Waals surface area (Å²) in [6, 6.07) is 7.14. The molecule has 86 valence electrons. The summed E-state index contributed by atoms with van der Waals surface area (Å²) in [5, 5.41) is 13.0. The van der Waals surface area contributed by atoms with Gasteiger partial charge < -0.3 is 15.2 Å². The summed E-state index contributed by atoms with van der Waals surface area (Å²) in [5.41, 5.74) is 0.768. The summed E-state index contributed by atoms with van der Waals surface area (Å²) in [7, 11) is 0. The highest BCUT2D eigenvalue weighted by atomic mass is 16.3. The number of rotatable bonds is 3. The molecule has 0 aromatic heterocycles. The molecule has 0 aliphatic carbocycles. The Morgan fingerprint density at radius 2 is 2.00 bits per heavy atom. The Bertz CT molecular complexity index is 359. The van der Waals surface area contributed by atoms with Crippen molar-refractivity contribution in [1.82, 2.24) is 5.32 Å². The van der Waals surface area contributed by atoms with Gasteiger partial charge in [0.1, 0.15) is 12.0 Å². The zero-order valence-corrected chi connectivity index (χ0v) is 9.23. The normalized spacial score (nSPS) is 19.2. The number of benzene rings is 1. The van der Waals surface area contributed by atoms with Crippen molar-refractivity contribution < 1.29 is 9.90 Å². The average Bonchev–Trinajstić information content (AvgIpc) is 2.34. The lowest BCUT2D eigenvalue weighted by Crippen LogP contribution is -2.31. The summed E-state index contributed by atoms with van der Waals surface area (Å²) in [5.74, 6) is 0.425. The van der Waals surface area contributed by atoms with Gasteiger partial charge in [0.25, 0.3) is 0 Å². The van der Waals surface area contributed by atoms with E-state index in [1.165, 1.54) is 0 Å². The molecule has 1 aromatic rings. The average molecular weight is 219 g/mol. The van der Waals surface area contributed by atoms with Crippen molar-refractivity contribution in [2.75, 3.05) is 13.1 Å². The van der Waals surface area contributed by atoms with Crippen LogP contribution in [0, 0.1) is 5.92 Å². The number of aromatic hydroxyl groups is 1. The Labute approximate surface area is 95.5 Å².